The number of likely N-dealkylation sites (tertiary alicyclic amines) is 1. The van der Waals surface area contributed by atoms with Gasteiger partial charge in [0.1, 0.15) is 6.54 Å². The van der Waals surface area contributed by atoms with Crippen molar-refractivity contribution in [2.24, 2.45) is 0 Å². The number of benzene rings is 2. The average molecular weight is 447 g/mol. The first-order chi connectivity index (χ1) is 14.7. The first-order valence-electron chi connectivity index (χ1n) is 10.0. The summed E-state index contributed by atoms with van der Waals surface area (Å²) in [5, 5.41) is 13.7. The molecule has 0 atom stereocenters. The van der Waals surface area contributed by atoms with Gasteiger partial charge in [0, 0.05) is 25.2 Å². The Morgan fingerprint density at radius 1 is 1.13 bits per heavy atom. The third-order valence-electron chi connectivity index (χ3n) is 5.13. The monoisotopic (exact) mass is 446 g/mol. The van der Waals surface area contributed by atoms with Gasteiger partial charge in [-0.3, -0.25) is 24.1 Å². The number of non-ortho nitro benzene ring substituents is 1. The van der Waals surface area contributed by atoms with Crippen molar-refractivity contribution in [3.8, 4) is 0 Å². The topological polar surface area (TPSA) is 113 Å². The Kier molecular flexibility index (Phi) is 7.24. The van der Waals surface area contributed by atoms with Crippen LogP contribution in [0.5, 0.6) is 0 Å². The molecule has 1 N–H and O–H groups in total. The number of nitro groups is 1. The summed E-state index contributed by atoms with van der Waals surface area (Å²) >= 11 is 0. The van der Waals surface area contributed by atoms with Crippen molar-refractivity contribution in [3.05, 3.63) is 69.8 Å². The van der Waals surface area contributed by atoms with Gasteiger partial charge in [0.2, 0.25) is 15.9 Å². The van der Waals surface area contributed by atoms with E-state index in [9.17, 15) is 23.3 Å². The second kappa shape index (κ2) is 9.88. The second-order valence-corrected chi connectivity index (χ2v) is 9.53. The van der Waals surface area contributed by atoms with Gasteiger partial charge >= 0.3 is 0 Å². The van der Waals surface area contributed by atoms with E-state index in [1.807, 2.05) is 24.3 Å². The molecular formula is C21H26N4O5S. The van der Waals surface area contributed by atoms with Crippen molar-refractivity contribution < 1.29 is 18.1 Å². The summed E-state index contributed by atoms with van der Waals surface area (Å²) in [7, 11) is -3.81. The zero-order valence-electron chi connectivity index (χ0n) is 17.4. The Bertz CT molecular complexity index is 1030. The van der Waals surface area contributed by atoms with Crippen LogP contribution in [-0.2, 0) is 27.9 Å². The van der Waals surface area contributed by atoms with Crippen molar-refractivity contribution in [1.29, 1.82) is 0 Å². The van der Waals surface area contributed by atoms with E-state index >= 15 is 0 Å². The van der Waals surface area contributed by atoms with Crippen LogP contribution in [0, 0.1) is 10.1 Å². The van der Waals surface area contributed by atoms with Gasteiger partial charge in [-0.25, -0.2) is 8.42 Å². The maximum absolute atomic E-state index is 12.4. The van der Waals surface area contributed by atoms with E-state index in [-0.39, 0.29) is 17.9 Å². The van der Waals surface area contributed by atoms with Crippen LogP contribution in [0.15, 0.2) is 48.5 Å². The standard InChI is InChI=1S/C21H26N4O5S/c1-31(29,30)24(19-5-4-6-20(13-19)25(27)28)16-21(26)22-14-17-7-9-18(10-8-17)15-23-11-2-3-12-23/h4-10,13H,2-3,11-12,14-16H2,1H3,(H,22,26). The molecule has 10 heteroatoms. The van der Waals surface area contributed by atoms with Gasteiger partial charge in [-0.15, -0.1) is 0 Å². The van der Waals surface area contributed by atoms with Crippen LogP contribution in [0.2, 0.25) is 0 Å². The minimum Gasteiger partial charge on any atom is -0.350 e. The Morgan fingerprint density at radius 2 is 1.77 bits per heavy atom. The average Bonchev–Trinajstić information content (AvgIpc) is 3.24. The Balaban J connectivity index is 1.60. The van der Waals surface area contributed by atoms with Crippen LogP contribution in [0.3, 0.4) is 0 Å². The molecule has 166 valence electrons. The molecule has 0 saturated carbocycles. The molecule has 1 aliphatic heterocycles. The normalized spacial score (nSPS) is 14.4. The molecule has 0 radical (unpaired) electrons. The molecule has 0 unspecified atom stereocenters. The first kappa shape index (κ1) is 22.7. The summed E-state index contributed by atoms with van der Waals surface area (Å²) in [6.45, 7) is 2.96. The Morgan fingerprint density at radius 3 is 2.39 bits per heavy atom. The second-order valence-electron chi connectivity index (χ2n) is 7.62. The summed E-state index contributed by atoms with van der Waals surface area (Å²) in [5.41, 5.74) is 1.93. The number of rotatable bonds is 9. The lowest BCUT2D eigenvalue weighted by Gasteiger charge is -2.21. The van der Waals surface area contributed by atoms with E-state index in [2.05, 4.69) is 10.2 Å². The lowest BCUT2D eigenvalue weighted by Crippen LogP contribution is -2.40. The molecule has 2 aromatic rings. The molecule has 1 fully saturated rings. The molecule has 1 amide bonds. The van der Waals surface area contributed by atoms with Crippen LogP contribution in [0.25, 0.3) is 0 Å². The van der Waals surface area contributed by atoms with Gasteiger partial charge in [0.15, 0.2) is 0 Å². The first-order valence-corrected chi connectivity index (χ1v) is 11.9. The smallest absolute Gasteiger partial charge is 0.271 e. The number of anilines is 1. The number of carbonyl (C=O) groups excluding carboxylic acids is 1. The zero-order valence-corrected chi connectivity index (χ0v) is 18.2. The molecule has 31 heavy (non-hydrogen) atoms. The summed E-state index contributed by atoms with van der Waals surface area (Å²) in [6.07, 6.45) is 3.44. The van der Waals surface area contributed by atoms with E-state index in [1.165, 1.54) is 36.6 Å². The van der Waals surface area contributed by atoms with Gasteiger partial charge in [-0.05, 0) is 43.1 Å². The summed E-state index contributed by atoms with van der Waals surface area (Å²) in [4.78, 5) is 25.2. The van der Waals surface area contributed by atoms with Crippen LogP contribution in [-0.4, -0.2) is 50.0 Å². The molecule has 0 spiro atoms. The third-order valence-corrected chi connectivity index (χ3v) is 6.27. The largest absolute Gasteiger partial charge is 0.350 e. The van der Waals surface area contributed by atoms with E-state index in [1.54, 1.807) is 0 Å². The van der Waals surface area contributed by atoms with E-state index in [4.69, 9.17) is 0 Å². The molecule has 9 nitrogen and oxygen atoms in total. The Labute approximate surface area is 181 Å². The number of hydrogen-bond acceptors (Lipinski definition) is 6. The van der Waals surface area contributed by atoms with Gasteiger partial charge in [-0.2, -0.15) is 0 Å². The van der Waals surface area contributed by atoms with Crippen molar-refractivity contribution in [3.63, 3.8) is 0 Å². The summed E-state index contributed by atoms with van der Waals surface area (Å²) in [5.74, 6) is -0.502. The minimum atomic E-state index is -3.81. The van der Waals surface area contributed by atoms with E-state index in [0.29, 0.717) is 0 Å². The highest BCUT2D eigenvalue weighted by Gasteiger charge is 2.22. The van der Waals surface area contributed by atoms with Crippen molar-refractivity contribution >= 4 is 27.3 Å². The molecule has 1 heterocycles. The zero-order chi connectivity index (χ0) is 22.4. The summed E-state index contributed by atoms with van der Waals surface area (Å²) < 4.78 is 25.2. The van der Waals surface area contributed by atoms with E-state index < -0.39 is 27.4 Å². The molecule has 3 rings (SSSR count). The molecule has 0 aliphatic carbocycles. The number of amides is 1. The number of sulfonamides is 1. The molecule has 0 aromatic heterocycles. The SMILES string of the molecule is CS(=O)(=O)N(CC(=O)NCc1ccc(CN2CCCC2)cc1)c1cccc([N+](=O)[O-])c1. The lowest BCUT2D eigenvalue weighted by molar-refractivity contribution is -0.384. The third kappa shape index (κ3) is 6.50. The van der Waals surface area contributed by atoms with Crippen LogP contribution < -0.4 is 9.62 Å². The molecule has 1 aliphatic rings. The number of nitro benzene ring substituents is 1. The van der Waals surface area contributed by atoms with Gasteiger partial charge < -0.3 is 5.32 Å². The maximum atomic E-state index is 12.4. The summed E-state index contributed by atoms with van der Waals surface area (Å²) in [6, 6.07) is 13.1. The molecule has 1 saturated heterocycles. The highest BCUT2D eigenvalue weighted by atomic mass is 32.2. The fourth-order valence-electron chi connectivity index (χ4n) is 3.51. The minimum absolute atomic E-state index is 0.0677. The fraction of sp³-hybridized carbons (Fsp3) is 0.381. The number of nitrogens with zero attached hydrogens (tertiary/aromatic N) is 3. The highest BCUT2D eigenvalue weighted by Crippen LogP contribution is 2.23. The van der Waals surface area contributed by atoms with E-state index in [0.717, 1.165) is 41.8 Å². The number of hydrogen-bond donors (Lipinski definition) is 1. The highest BCUT2D eigenvalue weighted by molar-refractivity contribution is 7.92. The molecule has 0 bridgehead atoms. The Hall–Kier alpha value is -2.98. The van der Waals surface area contributed by atoms with Gasteiger partial charge in [0.25, 0.3) is 5.69 Å². The quantitative estimate of drug-likeness (QED) is 0.467. The fourth-order valence-corrected chi connectivity index (χ4v) is 4.36. The number of carbonyl (C=O) groups is 1. The van der Waals surface area contributed by atoms with Crippen LogP contribution in [0.4, 0.5) is 11.4 Å². The molecular weight excluding hydrogens is 420 g/mol. The van der Waals surface area contributed by atoms with Gasteiger partial charge in [0.05, 0.1) is 16.9 Å². The lowest BCUT2D eigenvalue weighted by atomic mass is 10.1. The van der Waals surface area contributed by atoms with Crippen LogP contribution >= 0.6 is 0 Å². The van der Waals surface area contributed by atoms with Gasteiger partial charge in [-0.1, -0.05) is 30.3 Å². The van der Waals surface area contributed by atoms with Crippen molar-refractivity contribution in [2.45, 2.75) is 25.9 Å². The predicted octanol–water partition coefficient (Wildman–Crippen LogP) is 2.27. The van der Waals surface area contributed by atoms with Crippen molar-refractivity contribution in [1.82, 2.24) is 10.2 Å². The predicted molar refractivity (Wildman–Crippen MR) is 118 cm³/mol. The molecule has 2 aromatic carbocycles. The number of nitrogens with one attached hydrogen (secondary N) is 1. The van der Waals surface area contributed by atoms with Crippen molar-refractivity contribution in [2.75, 3.05) is 30.2 Å². The van der Waals surface area contributed by atoms with Crippen LogP contribution in [0.1, 0.15) is 24.0 Å². The maximum Gasteiger partial charge on any atom is 0.271 e.